The summed E-state index contributed by atoms with van der Waals surface area (Å²) in [5.41, 5.74) is 3.28. The Balaban J connectivity index is 1.77. The van der Waals surface area contributed by atoms with Crippen LogP contribution in [0.1, 0.15) is 35.0 Å². The number of esters is 1. The van der Waals surface area contributed by atoms with Gasteiger partial charge in [-0.25, -0.2) is 4.98 Å². The van der Waals surface area contributed by atoms with Gasteiger partial charge in [-0.05, 0) is 29.8 Å². The van der Waals surface area contributed by atoms with E-state index in [4.69, 9.17) is 0 Å². The molecule has 3 aromatic rings. The molecule has 0 aliphatic carbocycles. The molecule has 0 fully saturated rings. The zero-order chi connectivity index (χ0) is 19.2. The van der Waals surface area contributed by atoms with E-state index in [9.17, 15) is 9.59 Å². The van der Waals surface area contributed by atoms with Crippen molar-refractivity contribution in [1.82, 2.24) is 4.98 Å². The fourth-order valence-corrected chi connectivity index (χ4v) is 2.86. The summed E-state index contributed by atoms with van der Waals surface area (Å²) in [5, 5.41) is 1.10. The molecule has 0 aliphatic heterocycles. The van der Waals surface area contributed by atoms with Crippen molar-refractivity contribution in [1.29, 1.82) is 0 Å². The molecule has 0 radical (unpaired) electrons. The van der Waals surface area contributed by atoms with E-state index in [1.54, 1.807) is 13.0 Å². The molecule has 4 heteroatoms. The fraction of sp³-hybridized carbons (Fsp3) is 0.174. The van der Waals surface area contributed by atoms with Gasteiger partial charge in [-0.1, -0.05) is 55.5 Å². The molecule has 0 bridgehead atoms. The lowest BCUT2D eigenvalue weighted by molar-refractivity contribution is -0.141. The van der Waals surface area contributed by atoms with Crippen LogP contribution < -0.4 is 0 Å². The molecular weight excluding hydrogens is 338 g/mol. The molecule has 1 atom stereocenters. The first kappa shape index (κ1) is 18.5. The highest BCUT2D eigenvalue weighted by atomic mass is 16.5. The molecule has 0 aliphatic rings. The predicted molar refractivity (Wildman–Crippen MR) is 107 cm³/mol. The first-order valence-electron chi connectivity index (χ1n) is 8.82. The molecule has 2 aromatic carbocycles. The summed E-state index contributed by atoms with van der Waals surface area (Å²) in [6, 6.07) is 19.3. The third-order valence-electron chi connectivity index (χ3n) is 4.39. The molecule has 3 rings (SSSR count). The molecule has 136 valence electrons. The lowest BCUT2D eigenvalue weighted by atomic mass is 9.95. The van der Waals surface area contributed by atoms with Crippen molar-refractivity contribution >= 4 is 34.8 Å². The van der Waals surface area contributed by atoms with E-state index >= 15 is 0 Å². The molecule has 0 saturated carbocycles. The van der Waals surface area contributed by atoms with Crippen LogP contribution in [-0.4, -0.2) is 23.8 Å². The van der Waals surface area contributed by atoms with Crippen LogP contribution in [0.5, 0.6) is 0 Å². The monoisotopic (exact) mass is 359 g/mol. The number of Topliss-reactive ketones (excluding diaryl/α,β-unsaturated/α-hetero) is 1. The highest BCUT2D eigenvalue weighted by Gasteiger charge is 2.19. The topological polar surface area (TPSA) is 56.3 Å². The SMILES string of the molecule is COC(=O)CC(C)C(=O)c1cccc(/C=C/c2ccc3ccccc3n2)c1. The summed E-state index contributed by atoms with van der Waals surface area (Å²) in [5.74, 6) is -0.868. The number of hydrogen-bond donors (Lipinski definition) is 0. The Labute approximate surface area is 158 Å². The number of nitrogens with zero attached hydrogens (tertiary/aromatic N) is 1. The predicted octanol–water partition coefficient (Wildman–Crippen LogP) is 4.79. The molecular formula is C23H21NO3. The van der Waals surface area contributed by atoms with E-state index in [2.05, 4.69) is 9.72 Å². The molecule has 0 spiro atoms. The van der Waals surface area contributed by atoms with Crippen LogP contribution in [0.3, 0.4) is 0 Å². The third kappa shape index (κ3) is 4.67. The molecule has 0 saturated heterocycles. The van der Waals surface area contributed by atoms with Gasteiger partial charge in [0.05, 0.1) is 24.7 Å². The van der Waals surface area contributed by atoms with Crippen molar-refractivity contribution < 1.29 is 14.3 Å². The second-order valence-electron chi connectivity index (χ2n) is 6.43. The maximum Gasteiger partial charge on any atom is 0.306 e. The number of fused-ring (bicyclic) bond motifs is 1. The van der Waals surface area contributed by atoms with Crippen molar-refractivity contribution in [3.8, 4) is 0 Å². The lowest BCUT2D eigenvalue weighted by Gasteiger charge is -2.09. The second-order valence-corrected chi connectivity index (χ2v) is 6.43. The molecule has 0 N–H and O–H groups in total. The minimum atomic E-state index is -0.418. The van der Waals surface area contributed by atoms with Crippen LogP contribution in [0.25, 0.3) is 23.1 Å². The zero-order valence-corrected chi connectivity index (χ0v) is 15.4. The Bertz CT molecular complexity index is 1010. The third-order valence-corrected chi connectivity index (χ3v) is 4.39. The molecule has 1 aromatic heterocycles. The van der Waals surface area contributed by atoms with Crippen LogP contribution in [0, 0.1) is 5.92 Å². The Kier molecular flexibility index (Phi) is 5.77. The number of ketones is 1. The van der Waals surface area contributed by atoms with Crippen LogP contribution >= 0.6 is 0 Å². The van der Waals surface area contributed by atoms with E-state index in [1.807, 2.05) is 66.7 Å². The average Bonchev–Trinajstić information content (AvgIpc) is 2.71. The number of ether oxygens (including phenoxy) is 1. The van der Waals surface area contributed by atoms with Gasteiger partial charge in [0.15, 0.2) is 5.78 Å². The van der Waals surface area contributed by atoms with E-state index in [1.165, 1.54) is 7.11 Å². The van der Waals surface area contributed by atoms with Crippen molar-refractivity contribution in [2.24, 2.45) is 5.92 Å². The average molecular weight is 359 g/mol. The maximum absolute atomic E-state index is 12.5. The van der Waals surface area contributed by atoms with E-state index in [-0.39, 0.29) is 18.2 Å². The lowest BCUT2D eigenvalue weighted by Crippen LogP contribution is -2.16. The van der Waals surface area contributed by atoms with Crippen LogP contribution in [0.4, 0.5) is 0 Å². The van der Waals surface area contributed by atoms with Gasteiger partial charge in [-0.2, -0.15) is 0 Å². The number of aromatic nitrogens is 1. The minimum Gasteiger partial charge on any atom is -0.469 e. The molecule has 0 amide bonds. The van der Waals surface area contributed by atoms with Gasteiger partial charge in [0.1, 0.15) is 0 Å². The number of pyridine rings is 1. The van der Waals surface area contributed by atoms with Gasteiger partial charge >= 0.3 is 5.97 Å². The van der Waals surface area contributed by atoms with Crippen molar-refractivity contribution in [2.75, 3.05) is 7.11 Å². The first-order chi connectivity index (χ1) is 13.1. The number of benzene rings is 2. The number of hydrogen-bond acceptors (Lipinski definition) is 4. The Morgan fingerprint density at radius 2 is 1.85 bits per heavy atom. The summed E-state index contributed by atoms with van der Waals surface area (Å²) >= 11 is 0. The maximum atomic E-state index is 12.5. The van der Waals surface area contributed by atoms with Crippen molar-refractivity contribution in [2.45, 2.75) is 13.3 Å². The Morgan fingerprint density at radius 1 is 1.04 bits per heavy atom. The van der Waals surface area contributed by atoms with Gasteiger partial charge in [0, 0.05) is 16.9 Å². The quantitative estimate of drug-likeness (QED) is 0.469. The molecule has 1 unspecified atom stereocenters. The normalized spacial score (nSPS) is 12.2. The van der Waals surface area contributed by atoms with Gasteiger partial charge in [-0.3, -0.25) is 9.59 Å². The Hall–Kier alpha value is -3.27. The standard InChI is InChI=1S/C23H21NO3/c1-16(14-22(25)27-2)23(26)19-8-5-6-17(15-19)10-12-20-13-11-18-7-3-4-9-21(18)24-20/h3-13,15-16H,14H2,1-2H3/b12-10+. The van der Waals surface area contributed by atoms with Crippen molar-refractivity contribution in [3.05, 3.63) is 77.5 Å². The fourth-order valence-electron chi connectivity index (χ4n) is 2.86. The zero-order valence-electron chi connectivity index (χ0n) is 15.4. The van der Waals surface area contributed by atoms with Gasteiger partial charge < -0.3 is 4.74 Å². The molecule has 4 nitrogen and oxygen atoms in total. The summed E-state index contributed by atoms with van der Waals surface area (Å²) in [7, 11) is 1.33. The number of para-hydroxylation sites is 1. The largest absolute Gasteiger partial charge is 0.469 e. The molecule has 27 heavy (non-hydrogen) atoms. The number of methoxy groups -OCH3 is 1. The summed E-state index contributed by atoms with van der Waals surface area (Å²) in [6.45, 7) is 1.74. The van der Waals surface area contributed by atoms with Crippen LogP contribution in [-0.2, 0) is 9.53 Å². The van der Waals surface area contributed by atoms with Gasteiger partial charge in [-0.15, -0.1) is 0 Å². The number of carbonyl (C=O) groups excluding carboxylic acids is 2. The summed E-state index contributed by atoms with van der Waals surface area (Å²) < 4.78 is 4.64. The van der Waals surface area contributed by atoms with E-state index in [0.29, 0.717) is 5.56 Å². The number of carbonyl (C=O) groups is 2. The molecule has 1 heterocycles. The summed E-state index contributed by atoms with van der Waals surface area (Å²) in [6.07, 6.45) is 3.93. The Morgan fingerprint density at radius 3 is 2.67 bits per heavy atom. The van der Waals surface area contributed by atoms with Gasteiger partial charge in [0.2, 0.25) is 0 Å². The van der Waals surface area contributed by atoms with Crippen LogP contribution in [0.2, 0.25) is 0 Å². The summed E-state index contributed by atoms with van der Waals surface area (Å²) in [4.78, 5) is 28.5. The smallest absolute Gasteiger partial charge is 0.306 e. The number of rotatable bonds is 6. The highest BCUT2D eigenvalue weighted by molar-refractivity contribution is 5.99. The van der Waals surface area contributed by atoms with Gasteiger partial charge in [0.25, 0.3) is 0 Å². The van der Waals surface area contributed by atoms with Crippen LogP contribution in [0.15, 0.2) is 60.7 Å². The van der Waals surface area contributed by atoms with Crippen molar-refractivity contribution in [3.63, 3.8) is 0 Å². The second kappa shape index (κ2) is 8.41. The van der Waals surface area contributed by atoms with E-state index in [0.717, 1.165) is 22.2 Å². The highest BCUT2D eigenvalue weighted by Crippen LogP contribution is 2.17. The first-order valence-corrected chi connectivity index (χ1v) is 8.82. The van der Waals surface area contributed by atoms with E-state index < -0.39 is 5.92 Å². The minimum absolute atomic E-state index is 0.0699.